The molecular weight excluding hydrogens is 449 g/mol. The highest BCUT2D eigenvalue weighted by molar-refractivity contribution is 6.04. The Morgan fingerprint density at radius 2 is 2.00 bits per heavy atom. The highest BCUT2D eigenvalue weighted by Crippen LogP contribution is 2.32. The second-order valence-corrected chi connectivity index (χ2v) is 7.94. The van der Waals surface area contributed by atoms with E-state index in [0.717, 1.165) is 29.0 Å². The Balaban J connectivity index is 1.63. The van der Waals surface area contributed by atoms with Gasteiger partial charge < -0.3 is 20.5 Å². The molecule has 1 aliphatic heterocycles. The lowest BCUT2D eigenvalue weighted by atomic mass is 9.98. The highest BCUT2D eigenvalue weighted by Gasteiger charge is 2.31. The molecule has 0 bridgehead atoms. The third-order valence-electron chi connectivity index (χ3n) is 5.43. The number of aliphatic hydroxyl groups is 1. The summed E-state index contributed by atoms with van der Waals surface area (Å²) in [6.07, 6.45) is -3.09. The van der Waals surface area contributed by atoms with Gasteiger partial charge >= 0.3 is 6.18 Å². The number of pyridine rings is 2. The smallest absolute Gasteiger partial charge is 0.395 e. The van der Waals surface area contributed by atoms with Crippen molar-refractivity contribution in [3.63, 3.8) is 0 Å². The van der Waals surface area contributed by atoms with E-state index in [0.29, 0.717) is 37.0 Å². The molecule has 0 aliphatic carbocycles. The molecular formula is C24H23F3N4O3. The monoisotopic (exact) mass is 472 g/mol. The molecule has 178 valence electrons. The first kappa shape index (κ1) is 23.7. The van der Waals surface area contributed by atoms with Crippen molar-refractivity contribution in [1.29, 1.82) is 0 Å². The lowest BCUT2D eigenvalue weighted by Crippen LogP contribution is -2.26. The van der Waals surface area contributed by atoms with Crippen LogP contribution in [0.15, 0.2) is 48.7 Å². The topological polar surface area (TPSA) is 96.4 Å². The molecule has 1 saturated heterocycles. The van der Waals surface area contributed by atoms with Gasteiger partial charge in [0, 0.05) is 29.3 Å². The van der Waals surface area contributed by atoms with Crippen LogP contribution in [0.2, 0.25) is 0 Å². The van der Waals surface area contributed by atoms with Crippen molar-refractivity contribution in [3.05, 3.63) is 71.2 Å². The fraction of sp³-hybridized carbons (Fsp3) is 0.292. The number of aliphatic hydroxyl groups excluding tert-OH is 1. The maximum atomic E-state index is 13.0. The molecule has 1 aliphatic rings. The first-order valence-corrected chi connectivity index (χ1v) is 10.6. The number of nitrogens with one attached hydrogen (secondary N) is 2. The number of rotatable bonds is 7. The van der Waals surface area contributed by atoms with Crippen LogP contribution >= 0.6 is 0 Å². The van der Waals surface area contributed by atoms with Gasteiger partial charge in [0.15, 0.2) is 0 Å². The van der Waals surface area contributed by atoms with Gasteiger partial charge in [-0.25, -0.2) is 4.98 Å². The Kier molecular flexibility index (Phi) is 6.80. The van der Waals surface area contributed by atoms with Crippen molar-refractivity contribution >= 4 is 17.4 Å². The summed E-state index contributed by atoms with van der Waals surface area (Å²) in [6, 6.07) is 9.72. The Labute approximate surface area is 194 Å². The van der Waals surface area contributed by atoms with Crippen LogP contribution in [0, 0.1) is 6.92 Å². The van der Waals surface area contributed by atoms with Gasteiger partial charge in [0.25, 0.3) is 5.91 Å². The molecule has 0 unspecified atom stereocenters. The summed E-state index contributed by atoms with van der Waals surface area (Å²) < 4.78 is 44.3. The second-order valence-electron chi connectivity index (χ2n) is 7.94. The minimum absolute atomic E-state index is 0.0502. The number of aromatic nitrogens is 2. The van der Waals surface area contributed by atoms with Crippen LogP contribution in [0.5, 0.6) is 0 Å². The Bertz CT molecular complexity index is 1200. The first-order chi connectivity index (χ1) is 16.2. The van der Waals surface area contributed by atoms with Crippen LogP contribution in [0.4, 0.5) is 24.7 Å². The number of carbonyl (C=O) groups excluding carboxylic acids is 1. The molecule has 10 heteroatoms. The highest BCUT2D eigenvalue weighted by atomic mass is 19.4. The van der Waals surface area contributed by atoms with E-state index in [-0.39, 0.29) is 18.1 Å². The van der Waals surface area contributed by atoms with Crippen LogP contribution in [0.25, 0.3) is 11.1 Å². The summed E-state index contributed by atoms with van der Waals surface area (Å²) in [4.78, 5) is 21.6. The number of ether oxygens (including phenoxy) is 1. The summed E-state index contributed by atoms with van der Waals surface area (Å²) in [6.45, 7) is 3.24. The van der Waals surface area contributed by atoms with E-state index in [4.69, 9.17) is 9.84 Å². The maximum absolute atomic E-state index is 13.0. The molecule has 1 aromatic carbocycles. The number of nitrogens with zero attached hydrogens (tertiary/aromatic N) is 2. The first-order valence-electron chi connectivity index (χ1n) is 10.6. The van der Waals surface area contributed by atoms with Crippen molar-refractivity contribution in [2.45, 2.75) is 19.0 Å². The molecule has 1 amide bonds. The predicted molar refractivity (Wildman–Crippen MR) is 121 cm³/mol. The molecule has 3 aromatic rings. The van der Waals surface area contributed by atoms with Gasteiger partial charge in [-0.1, -0.05) is 6.07 Å². The molecule has 3 N–H and O–H groups in total. The van der Waals surface area contributed by atoms with Gasteiger partial charge in [-0.3, -0.25) is 9.78 Å². The van der Waals surface area contributed by atoms with Crippen molar-refractivity contribution in [2.24, 2.45) is 0 Å². The molecule has 7 nitrogen and oxygen atoms in total. The number of amides is 1. The Morgan fingerprint density at radius 3 is 2.68 bits per heavy atom. The summed E-state index contributed by atoms with van der Waals surface area (Å²) in [5.41, 5.74) is 2.42. The number of aryl methyl sites for hydroxylation is 1. The largest absolute Gasteiger partial charge is 0.416 e. The normalized spacial score (nSPS) is 13.9. The minimum Gasteiger partial charge on any atom is -0.395 e. The zero-order valence-corrected chi connectivity index (χ0v) is 18.3. The minimum atomic E-state index is -4.54. The van der Waals surface area contributed by atoms with E-state index >= 15 is 0 Å². The number of anilines is 2. The number of benzene rings is 1. The number of carbonyl (C=O) groups is 1. The average Bonchev–Trinajstić information content (AvgIpc) is 2.77. The van der Waals surface area contributed by atoms with E-state index in [2.05, 4.69) is 20.6 Å². The van der Waals surface area contributed by atoms with Crippen LogP contribution in [-0.2, 0) is 10.9 Å². The Morgan fingerprint density at radius 1 is 1.21 bits per heavy atom. The number of halogens is 3. The standard InChI is InChI=1S/C24H23F3N4O3/c1-14-20(16-8-21(17-12-34-13-17)31-22(9-16)28-5-6-32)10-19(11-29-14)30-23(33)15-3-2-4-18(7-15)24(25,26)27/h2-4,7-11,17,32H,5-6,12-13H2,1H3,(H,28,31)(H,30,33). The maximum Gasteiger partial charge on any atom is 0.416 e. The lowest BCUT2D eigenvalue weighted by Gasteiger charge is -2.26. The molecule has 34 heavy (non-hydrogen) atoms. The lowest BCUT2D eigenvalue weighted by molar-refractivity contribution is -0.137. The van der Waals surface area contributed by atoms with Crippen molar-refractivity contribution in [3.8, 4) is 11.1 Å². The summed E-state index contributed by atoms with van der Waals surface area (Å²) >= 11 is 0. The number of alkyl halides is 3. The van der Waals surface area contributed by atoms with Gasteiger partial charge in [-0.15, -0.1) is 0 Å². The fourth-order valence-electron chi connectivity index (χ4n) is 3.53. The van der Waals surface area contributed by atoms with Crippen LogP contribution < -0.4 is 10.6 Å². The third-order valence-corrected chi connectivity index (χ3v) is 5.43. The molecule has 0 atom stereocenters. The van der Waals surface area contributed by atoms with Gasteiger partial charge in [-0.05, 0) is 48.9 Å². The Hall–Kier alpha value is -3.50. The van der Waals surface area contributed by atoms with Crippen molar-refractivity contribution in [1.82, 2.24) is 9.97 Å². The van der Waals surface area contributed by atoms with Crippen LogP contribution in [0.3, 0.4) is 0 Å². The van der Waals surface area contributed by atoms with Gasteiger partial charge in [0.2, 0.25) is 0 Å². The van der Waals surface area contributed by atoms with Crippen LogP contribution in [0.1, 0.15) is 33.2 Å². The zero-order chi connectivity index (χ0) is 24.3. The molecule has 0 spiro atoms. The molecule has 0 saturated carbocycles. The number of hydrogen-bond donors (Lipinski definition) is 3. The van der Waals surface area contributed by atoms with E-state index in [1.165, 1.54) is 18.3 Å². The van der Waals surface area contributed by atoms with Gasteiger partial charge in [-0.2, -0.15) is 13.2 Å². The van der Waals surface area contributed by atoms with Crippen molar-refractivity contribution in [2.75, 3.05) is 37.0 Å². The zero-order valence-electron chi connectivity index (χ0n) is 18.3. The molecule has 4 rings (SSSR count). The van der Waals surface area contributed by atoms with Gasteiger partial charge in [0.1, 0.15) is 5.82 Å². The SMILES string of the molecule is Cc1ncc(NC(=O)c2cccc(C(F)(F)F)c2)cc1-c1cc(NCCO)nc(C2COC2)c1. The van der Waals surface area contributed by atoms with E-state index in [1.807, 2.05) is 19.1 Å². The molecule has 1 fully saturated rings. The van der Waals surface area contributed by atoms with E-state index in [1.54, 1.807) is 6.07 Å². The third kappa shape index (κ3) is 5.35. The van der Waals surface area contributed by atoms with Crippen LogP contribution in [-0.4, -0.2) is 47.3 Å². The average molecular weight is 472 g/mol. The second kappa shape index (κ2) is 9.78. The van der Waals surface area contributed by atoms with E-state index in [9.17, 15) is 18.0 Å². The summed E-state index contributed by atoms with van der Waals surface area (Å²) in [5.74, 6) is 0.0768. The summed E-state index contributed by atoms with van der Waals surface area (Å²) in [7, 11) is 0. The summed E-state index contributed by atoms with van der Waals surface area (Å²) in [5, 5.41) is 14.8. The van der Waals surface area contributed by atoms with Crippen molar-refractivity contribution < 1.29 is 27.8 Å². The molecule has 0 radical (unpaired) electrons. The molecule has 2 aromatic heterocycles. The predicted octanol–water partition coefficient (Wildman–Crippen LogP) is 4.24. The van der Waals surface area contributed by atoms with Gasteiger partial charge in [0.05, 0.1) is 43.0 Å². The number of hydrogen-bond acceptors (Lipinski definition) is 6. The fourth-order valence-corrected chi connectivity index (χ4v) is 3.53. The quantitative estimate of drug-likeness (QED) is 0.476. The van der Waals surface area contributed by atoms with E-state index < -0.39 is 17.6 Å². The molecule has 3 heterocycles.